The molecule has 0 unspecified atom stereocenters. The molecule has 0 atom stereocenters. The van der Waals surface area contributed by atoms with Crippen LogP contribution in [0.25, 0.3) is 10.9 Å². The number of benzene rings is 1. The van der Waals surface area contributed by atoms with Crippen LogP contribution in [0.15, 0.2) is 23.6 Å². The molecule has 0 spiro atoms. The fourth-order valence-corrected chi connectivity index (χ4v) is 3.92. The molecule has 2 aromatic heterocycles. The number of aromatic nitrogens is 1. The number of carboxylic acid groups (broad SMARTS) is 1. The predicted octanol–water partition coefficient (Wildman–Crippen LogP) is 5.07. The molecule has 0 fully saturated rings. The number of methoxy groups -OCH3 is 1. The van der Waals surface area contributed by atoms with E-state index in [0.717, 1.165) is 0 Å². The number of alkyl halides is 4. The molecule has 11 heteroatoms. The van der Waals surface area contributed by atoms with Crippen LogP contribution in [0.5, 0.6) is 10.8 Å². The molecule has 0 radical (unpaired) electrons. The third-order valence-electron chi connectivity index (χ3n) is 4.52. The van der Waals surface area contributed by atoms with Crippen molar-refractivity contribution in [2.24, 2.45) is 0 Å². The number of aliphatic carboxylic acids is 1. The summed E-state index contributed by atoms with van der Waals surface area (Å²) >= 11 is 0.714. The Morgan fingerprint density at radius 1 is 1.30 bits per heavy atom. The van der Waals surface area contributed by atoms with E-state index in [4.69, 9.17) is 4.74 Å². The lowest BCUT2D eigenvalue weighted by atomic mass is 10.1. The van der Waals surface area contributed by atoms with Crippen LogP contribution in [-0.4, -0.2) is 35.3 Å². The van der Waals surface area contributed by atoms with Gasteiger partial charge in [0.15, 0.2) is 16.6 Å². The zero-order chi connectivity index (χ0) is 22.2. The Morgan fingerprint density at radius 3 is 2.60 bits per heavy atom. The largest absolute Gasteiger partial charge is 0.494 e. The Morgan fingerprint density at radius 2 is 2.00 bits per heavy atom. The van der Waals surface area contributed by atoms with E-state index >= 15 is 0 Å². The van der Waals surface area contributed by atoms with Crippen molar-refractivity contribution in [2.75, 3.05) is 7.11 Å². The molecule has 1 N–H and O–H groups in total. The van der Waals surface area contributed by atoms with Gasteiger partial charge in [0.1, 0.15) is 0 Å². The quantitative estimate of drug-likeness (QED) is 0.488. The van der Waals surface area contributed by atoms with Crippen LogP contribution in [0, 0.1) is 12.7 Å². The average molecular weight is 449 g/mol. The SMILES string of the molecule is COc1cc2c(CC(=O)O)c(C)n(Cc3csc(OC(F)(F)C(F)F)c3)c2cc1F. The van der Waals surface area contributed by atoms with E-state index in [1.54, 1.807) is 11.5 Å². The smallest absolute Gasteiger partial charge is 0.461 e. The molecule has 2 heterocycles. The van der Waals surface area contributed by atoms with Crippen LogP contribution < -0.4 is 9.47 Å². The summed E-state index contributed by atoms with van der Waals surface area (Å²) in [7, 11) is 1.28. The number of rotatable bonds is 8. The topological polar surface area (TPSA) is 60.7 Å². The lowest BCUT2D eigenvalue weighted by Gasteiger charge is -2.14. The van der Waals surface area contributed by atoms with Crippen LogP contribution in [0.2, 0.25) is 0 Å². The van der Waals surface area contributed by atoms with Crippen molar-refractivity contribution in [1.29, 1.82) is 0 Å². The number of fused-ring (bicyclic) bond motifs is 1. The van der Waals surface area contributed by atoms with Crippen molar-refractivity contribution in [3.8, 4) is 10.8 Å². The third-order valence-corrected chi connectivity index (χ3v) is 5.37. The Kier molecular flexibility index (Phi) is 5.93. The normalized spacial score (nSPS) is 12.0. The zero-order valence-electron chi connectivity index (χ0n) is 15.7. The fourth-order valence-electron chi connectivity index (χ4n) is 3.13. The van der Waals surface area contributed by atoms with Gasteiger partial charge in [-0.15, -0.1) is 11.3 Å². The first kappa shape index (κ1) is 21.9. The lowest BCUT2D eigenvalue weighted by Crippen LogP contribution is -2.33. The maximum atomic E-state index is 14.3. The molecular weight excluding hydrogens is 433 g/mol. The number of carbonyl (C=O) groups is 1. The molecular formula is C19H16F5NO4S. The van der Waals surface area contributed by atoms with Crippen molar-refractivity contribution in [3.05, 3.63) is 46.2 Å². The van der Waals surface area contributed by atoms with Crippen molar-refractivity contribution < 1.29 is 41.3 Å². The molecule has 162 valence electrons. The number of halogens is 5. The van der Waals surface area contributed by atoms with Crippen molar-refractivity contribution in [2.45, 2.75) is 32.4 Å². The number of hydrogen-bond acceptors (Lipinski definition) is 4. The summed E-state index contributed by atoms with van der Waals surface area (Å²) in [4.78, 5) is 11.3. The minimum absolute atomic E-state index is 0.0493. The molecule has 30 heavy (non-hydrogen) atoms. The molecule has 3 rings (SSSR count). The molecule has 0 saturated heterocycles. The Labute approximate surface area is 171 Å². The Bertz CT molecular complexity index is 1090. The van der Waals surface area contributed by atoms with E-state index in [1.165, 1.54) is 30.7 Å². The fraction of sp³-hybridized carbons (Fsp3) is 0.316. The van der Waals surface area contributed by atoms with Crippen LogP contribution in [-0.2, 0) is 17.8 Å². The van der Waals surface area contributed by atoms with Gasteiger partial charge in [-0.05, 0) is 35.6 Å². The highest BCUT2D eigenvalue weighted by Crippen LogP contribution is 2.35. The second-order valence-corrected chi connectivity index (χ2v) is 7.34. The van der Waals surface area contributed by atoms with Crippen LogP contribution >= 0.6 is 11.3 Å². The first-order valence-electron chi connectivity index (χ1n) is 8.53. The number of nitrogens with zero attached hydrogens (tertiary/aromatic N) is 1. The standard InChI is InChI=1S/C19H16F5NO4S/c1-9-11(5-16(26)27)12-4-15(28-2)13(20)6-14(12)25(9)7-10-3-17(30-8-10)29-19(23,24)18(21)22/h3-4,6,8,18H,5,7H2,1-2H3,(H,26,27). The van der Waals surface area contributed by atoms with Gasteiger partial charge in [0.05, 0.1) is 19.0 Å². The first-order valence-corrected chi connectivity index (χ1v) is 9.40. The van der Waals surface area contributed by atoms with Gasteiger partial charge >= 0.3 is 18.5 Å². The maximum absolute atomic E-state index is 14.3. The van der Waals surface area contributed by atoms with E-state index in [1.807, 2.05) is 0 Å². The minimum atomic E-state index is -4.62. The molecule has 3 aromatic rings. The summed E-state index contributed by atoms with van der Waals surface area (Å²) < 4.78 is 75.8. The molecule has 0 aliphatic rings. The number of carboxylic acids is 1. The van der Waals surface area contributed by atoms with E-state index < -0.39 is 29.4 Å². The van der Waals surface area contributed by atoms with Gasteiger partial charge in [-0.3, -0.25) is 4.79 Å². The molecule has 0 amide bonds. The van der Waals surface area contributed by atoms with E-state index in [9.17, 15) is 31.9 Å². The second kappa shape index (κ2) is 8.13. The molecule has 0 aliphatic heterocycles. The monoisotopic (exact) mass is 449 g/mol. The van der Waals surface area contributed by atoms with Gasteiger partial charge in [0.25, 0.3) is 0 Å². The van der Waals surface area contributed by atoms with Crippen LogP contribution in [0.3, 0.4) is 0 Å². The van der Waals surface area contributed by atoms with Gasteiger partial charge in [-0.1, -0.05) is 0 Å². The molecule has 5 nitrogen and oxygen atoms in total. The highest BCUT2D eigenvalue weighted by molar-refractivity contribution is 7.12. The summed E-state index contributed by atoms with van der Waals surface area (Å²) in [6, 6.07) is 3.78. The Hall–Kier alpha value is -2.82. The molecule has 0 bridgehead atoms. The first-order chi connectivity index (χ1) is 14.0. The summed E-state index contributed by atoms with van der Waals surface area (Å²) in [5, 5.41) is 10.7. The van der Waals surface area contributed by atoms with Crippen molar-refractivity contribution in [1.82, 2.24) is 4.57 Å². The lowest BCUT2D eigenvalue weighted by molar-refractivity contribution is -0.251. The highest BCUT2D eigenvalue weighted by Gasteiger charge is 2.44. The van der Waals surface area contributed by atoms with Crippen molar-refractivity contribution in [3.63, 3.8) is 0 Å². The van der Waals surface area contributed by atoms with Gasteiger partial charge < -0.3 is 19.1 Å². The third kappa shape index (κ3) is 4.20. The van der Waals surface area contributed by atoms with Crippen molar-refractivity contribution >= 4 is 28.2 Å². The van der Waals surface area contributed by atoms with Gasteiger partial charge in [0.2, 0.25) is 0 Å². The minimum Gasteiger partial charge on any atom is -0.494 e. The zero-order valence-corrected chi connectivity index (χ0v) is 16.5. The number of hydrogen-bond donors (Lipinski definition) is 1. The van der Waals surface area contributed by atoms with E-state index in [-0.39, 0.29) is 18.7 Å². The predicted molar refractivity (Wildman–Crippen MR) is 99.5 cm³/mol. The summed E-state index contributed by atoms with van der Waals surface area (Å²) in [5.41, 5.74) is 1.81. The summed E-state index contributed by atoms with van der Waals surface area (Å²) in [6.07, 6.45) is -8.91. The van der Waals surface area contributed by atoms with E-state index in [0.29, 0.717) is 39.1 Å². The summed E-state index contributed by atoms with van der Waals surface area (Å²) in [6.45, 7) is 1.71. The second-order valence-electron chi connectivity index (χ2n) is 6.46. The molecule has 0 saturated carbocycles. The Balaban J connectivity index is 2.01. The van der Waals surface area contributed by atoms with Crippen LogP contribution in [0.1, 0.15) is 16.8 Å². The summed E-state index contributed by atoms with van der Waals surface area (Å²) in [5.74, 6) is -1.79. The van der Waals surface area contributed by atoms with Gasteiger partial charge in [-0.25, -0.2) is 4.39 Å². The molecule has 1 aromatic carbocycles. The maximum Gasteiger partial charge on any atom is 0.461 e. The number of thiophene rings is 1. The van der Waals surface area contributed by atoms with E-state index in [2.05, 4.69) is 4.74 Å². The average Bonchev–Trinajstić information content (AvgIpc) is 3.18. The number of ether oxygens (including phenoxy) is 2. The van der Waals surface area contributed by atoms with Crippen LogP contribution in [0.4, 0.5) is 22.0 Å². The van der Waals surface area contributed by atoms with Gasteiger partial charge in [0, 0.05) is 23.7 Å². The van der Waals surface area contributed by atoms with Gasteiger partial charge in [-0.2, -0.15) is 17.6 Å². The molecule has 0 aliphatic carbocycles. The highest BCUT2D eigenvalue weighted by atomic mass is 32.1.